The minimum atomic E-state index is 0.757. The molecule has 7 heteroatoms. The summed E-state index contributed by atoms with van der Waals surface area (Å²) >= 11 is 0. The Morgan fingerprint density at radius 1 is 0.828 bits per heavy atom. The van der Waals surface area contributed by atoms with Crippen LogP contribution < -0.4 is 0 Å². The number of hydrogen-bond acceptors (Lipinski definition) is 5. The van der Waals surface area contributed by atoms with Crippen molar-refractivity contribution in [3.63, 3.8) is 0 Å². The number of nitrogens with one attached hydrogen (secondary N) is 2. The predicted molar refractivity (Wildman–Crippen MR) is 110 cm³/mol. The number of rotatable bonds is 3. The predicted octanol–water partition coefficient (Wildman–Crippen LogP) is 4.82. The molecule has 0 saturated carbocycles. The van der Waals surface area contributed by atoms with Crippen LogP contribution in [0, 0.1) is 0 Å². The lowest BCUT2D eigenvalue weighted by Crippen LogP contribution is -1.87. The standard InChI is InChI=1S/C22H14N6O/c1-2-8-23-16(3-1)17-4-5-18-21(26-17)22(28-27-18)19-11-14-15(25-19)6-9-24-20(14)13-7-10-29-12-13/h1-12,25H,(H,27,28). The van der Waals surface area contributed by atoms with Crippen LogP contribution in [0.15, 0.2) is 77.9 Å². The van der Waals surface area contributed by atoms with Gasteiger partial charge in [-0.3, -0.25) is 15.1 Å². The van der Waals surface area contributed by atoms with E-state index in [1.54, 1.807) is 24.9 Å². The molecule has 2 N–H and O–H groups in total. The zero-order valence-corrected chi connectivity index (χ0v) is 15.1. The molecule has 0 aromatic carbocycles. The quantitative estimate of drug-likeness (QED) is 0.460. The summed E-state index contributed by atoms with van der Waals surface area (Å²) < 4.78 is 5.23. The maximum absolute atomic E-state index is 5.23. The van der Waals surface area contributed by atoms with Gasteiger partial charge in [-0.2, -0.15) is 5.10 Å². The molecular weight excluding hydrogens is 364 g/mol. The van der Waals surface area contributed by atoms with Crippen molar-refractivity contribution < 1.29 is 4.42 Å². The van der Waals surface area contributed by atoms with Crippen molar-refractivity contribution in [1.82, 2.24) is 30.1 Å². The topological polar surface area (TPSA) is 96.3 Å². The molecule has 0 aliphatic rings. The van der Waals surface area contributed by atoms with E-state index < -0.39 is 0 Å². The van der Waals surface area contributed by atoms with Gasteiger partial charge in [-0.1, -0.05) is 6.07 Å². The molecule has 6 aromatic heterocycles. The second-order valence-electron chi connectivity index (χ2n) is 6.70. The summed E-state index contributed by atoms with van der Waals surface area (Å²) in [6, 6.07) is 15.6. The summed E-state index contributed by atoms with van der Waals surface area (Å²) in [6.45, 7) is 0. The molecule has 138 valence electrons. The number of nitrogens with zero attached hydrogens (tertiary/aromatic N) is 4. The molecule has 0 aliphatic carbocycles. The van der Waals surface area contributed by atoms with Gasteiger partial charge in [0, 0.05) is 28.9 Å². The molecule has 29 heavy (non-hydrogen) atoms. The molecular formula is C22H14N6O. The Kier molecular flexibility index (Phi) is 3.33. The van der Waals surface area contributed by atoms with Gasteiger partial charge in [0.05, 0.1) is 40.8 Å². The van der Waals surface area contributed by atoms with Crippen molar-refractivity contribution in [2.24, 2.45) is 0 Å². The van der Waals surface area contributed by atoms with Gasteiger partial charge in [0.1, 0.15) is 11.2 Å². The largest absolute Gasteiger partial charge is 0.472 e. The lowest BCUT2D eigenvalue weighted by molar-refractivity contribution is 0.568. The van der Waals surface area contributed by atoms with Crippen LogP contribution in [0.5, 0.6) is 0 Å². The van der Waals surface area contributed by atoms with Crippen LogP contribution in [0.1, 0.15) is 0 Å². The number of pyridine rings is 3. The lowest BCUT2D eigenvalue weighted by atomic mass is 10.1. The molecule has 0 amide bonds. The minimum Gasteiger partial charge on any atom is -0.472 e. The number of fused-ring (bicyclic) bond motifs is 2. The SMILES string of the molecule is c1ccc(-c2ccc3[nH]nc(-c4cc5c(-c6ccoc6)nccc5[nH]4)c3n2)nc1. The van der Waals surface area contributed by atoms with Crippen molar-refractivity contribution in [3.8, 4) is 34.0 Å². The fourth-order valence-electron chi connectivity index (χ4n) is 3.55. The highest BCUT2D eigenvalue weighted by Gasteiger charge is 2.16. The van der Waals surface area contributed by atoms with Gasteiger partial charge in [-0.25, -0.2) is 4.98 Å². The van der Waals surface area contributed by atoms with Crippen molar-refractivity contribution in [2.45, 2.75) is 0 Å². The second-order valence-corrected chi connectivity index (χ2v) is 6.70. The minimum absolute atomic E-state index is 0.757. The Morgan fingerprint density at radius 2 is 1.83 bits per heavy atom. The Hall–Kier alpha value is -4.26. The zero-order chi connectivity index (χ0) is 19.2. The van der Waals surface area contributed by atoms with Gasteiger partial charge in [0.25, 0.3) is 0 Å². The molecule has 0 aliphatic heterocycles. The third kappa shape index (κ3) is 2.52. The molecule has 6 heterocycles. The molecule has 0 unspecified atom stereocenters. The van der Waals surface area contributed by atoms with Gasteiger partial charge >= 0.3 is 0 Å². The van der Waals surface area contributed by atoms with E-state index in [-0.39, 0.29) is 0 Å². The molecule has 0 radical (unpaired) electrons. The number of aromatic nitrogens is 6. The van der Waals surface area contributed by atoms with Crippen molar-refractivity contribution in [3.05, 3.63) is 73.5 Å². The Balaban J connectivity index is 1.53. The van der Waals surface area contributed by atoms with Crippen LogP contribution in [0.2, 0.25) is 0 Å². The first-order valence-corrected chi connectivity index (χ1v) is 9.14. The Morgan fingerprint density at radius 3 is 2.69 bits per heavy atom. The molecule has 6 rings (SSSR count). The van der Waals surface area contributed by atoms with Crippen LogP contribution >= 0.6 is 0 Å². The van der Waals surface area contributed by atoms with E-state index in [9.17, 15) is 0 Å². The van der Waals surface area contributed by atoms with Crippen molar-refractivity contribution in [1.29, 1.82) is 0 Å². The normalized spacial score (nSPS) is 11.4. The highest BCUT2D eigenvalue weighted by atomic mass is 16.3. The fourth-order valence-corrected chi connectivity index (χ4v) is 3.55. The summed E-state index contributed by atoms with van der Waals surface area (Å²) in [5.74, 6) is 0. The van der Waals surface area contributed by atoms with Crippen LogP contribution in [-0.2, 0) is 0 Å². The number of furan rings is 1. The maximum Gasteiger partial charge on any atom is 0.135 e. The number of H-pyrrole nitrogens is 2. The Labute approximate surface area is 164 Å². The number of aromatic amines is 2. The molecule has 7 nitrogen and oxygen atoms in total. The van der Waals surface area contributed by atoms with Crippen molar-refractivity contribution >= 4 is 21.9 Å². The lowest BCUT2D eigenvalue weighted by Gasteiger charge is -2.00. The monoisotopic (exact) mass is 378 g/mol. The maximum atomic E-state index is 5.23. The molecule has 6 aromatic rings. The van der Waals surface area contributed by atoms with Gasteiger partial charge < -0.3 is 9.40 Å². The van der Waals surface area contributed by atoms with Crippen LogP contribution in [0.4, 0.5) is 0 Å². The van der Waals surface area contributed by atoms with E-state index in [2.05, 4.69) is 31.2 Å². The molecule has 0 bridgehead atoms. The van der Waals surface area contributed by atoms with Crippen molar-refractivity contribution in [2.75, 3.05) is 0 Å². The first kappa shape index (κ1) is 15.8. The summed E-state index contributed by atoms with van der Waals surface area (Å²) in [7, 11) is 0. The van der Waals surface area contributed by atoms with Crippen LogP contribution in [-0.4, -0.2) is 30.1 Å². The smallest absolute Gasteiger partial charge is 0.135 e. The van der Waals surface area contributed by atoms with E-state index in [1.165, 1.54) is 0 Å². The van der Waals surface area contributed by atoms with E-state index in [1.807, 2.05) is 42.5 Å². The summed E-state index contributed by atoms with van der Waals surface area (Å²) in [5.41, 5.74) is 7.68. The van der Waals surface area contributed by atoms with E-state index in [4.69, 9.17) is 9.40 Å². The van der Waals surface area contributed by atoms with E-state index in [0.717, 1.165) is 56.0 Å². The van der Waals surface area contributed by atoms with Gasteiger partial charge in [0.15, 0.2) is 0 Å². The van der Waals surface area contributed by atoms with Gasteiger partial charge in [-0.15, -0.1) is 0 Å². The third-order valence-corrected chi connectivity index (χ3v) is 4.93. The Bertz CT molecular complexity index is 1450. The van der Waals surface area contributed by atoms with Crippen LogP contribution in [0.25, 0.3) is 56.0 Å². The average Bonchev–Trinajstić information content (AvgIpc) is 3.52. The molecule has 0 fully saturated rings. The highest BCUT2D eigenvalue weighted by molar-refractivity contribution is 5.99. The van der Waals surface area contributed by atoms with E-state index in [0.29, 0.717) is 0 Å². The van der Waals surface area contributed by atoms with Gasteiger partial charge in [-0.05, 0) is 42.5 Å². The first-order chi connectivity index (χ1) is 14.4. The highest BCUT2D eigenvalue weighted by Crippen LogP contribution is 2.33. The summed E-state index contributed by atoms with van der Waals surface area (Å²) in [4.78, 5) is 17.2. The third-order valence-electron chi connectivity index (χ3n) is 4.93. The summed E-state index contributed by atoms with van der Waals surface area (Å²) in [6.07, 6.45) is 6.89. The molecule has 0 spiro atoms. The van der Waals surface area contributed by atoms with Crippen LogP contribution in [0.3, 0.4) is 0 Å². The summed E-state index contributed by atoms with van der Waals surface area (Å²) in [5, 5.41) is 8.58. The fraction of sp³-hybridized carbons (Fsp3) is 0. The molecule has 0 atom stereocenters. The van der Waals surface area contributed by atoms with Gasteiger partial charge in [0.2, 0.25) is 0 Å². The van der Waals surface area contributed by atoms with E-state index >= 15 is 0 Å². The zero-order valence-electron chi connectivity index (χ0n) is 15.1. The average molecular weight is 378 g/mol. The first-order valence-electron chi connectivity index (χ1n) is 9.14. The second kappa shape index (κ2) is 6.13. The molecule has 0 saturated heterocycles. The number of hydrogen-bond donors (Lipinski definition) is 2.